The number of likely N-dealkylation sites (N-methyl/N-ethyl adjacent to an activating group) is 1. The number of esters is 1. The summed E-state index contributed by atoms with van der Waals surface area (Å²) < 4.78 is 4.01. The van der Waals surface area contributed by atoms with Crippen LogP contribution in [0.1, 0.15) is 20.8 Å². The van der Waals surface area contributed by atoms with Crippen molar-refractivity contribution in [3.05, 3.63) is 0 Å². The van der Waals surface area contributed by atoms with Crippen molar-refractivity contribution in [3.8, 4) is 0 Å². The Morgan fingerprint density at radius 1 is 1.38 bits per heavy atom. The first-order valence-electron chi connectivity index (χ1n) is 6.40. The Morgan fingerprint density at radius 3 is 2.38 bits per heavy atom. The fourth-order valence-electron chi connectivity index (χ4n) is 1.42. The van der Waals surface area contributed by atoms with Crippen molar-refractivity contribution >= 4 is 38.7 Å². The number of nitrogens with one attached hydrogen (secondary N) is 1. The molecule has 9 heteroatoms. The molecule has 0 spiro atoms. The number of hydrogen-bond donors (Lipinski definition) is 2. The summed E-state index contributed by atoms with van der Waals surface area (Å²) in [5.74, 6) is -0.869. The van der Waals surface area contributed by atoms with Gasteiger partial charge in [-0.05, 0) is 13.8 Å². The van der Waals surface area contributed by atoms with Gasteiger partial charge in [0.2, 0.25) is 5.91 Å². The average molecular weight is 338 g/mol. The lowest BCUT2D eigenvalue weighted by Gasteiger charge is -2.31. The first-order chi connectivity index (χ1) is 9.65. The molecule has 0 rings (SSSR count). The van der Waals surface area contributed by atoms with Crippen molar-refractivity contribution in [2.75, 3.05) is 27.2 Å². The molecule has 0 aliphatic carbocycles. The zero-order chi connectivity index (χ0) is 16.6. The lowest BCUT2D eigenvalue weighted by Crippen LogP contribution is -2.54. The van der Waals surface area contributed by atoms with Crippen molar-refractivity contribution in [3.63, 3.8) is 0 Å². The Kier molecular flexibility index (Phi) is 8.76. The molecule has 0 aromatic carbocycles. The van der Waals surface area contributed by atoms with E-state index < -0.39 is 16.8 Å². The van der Waals surface area contributed by atoms with Gasteiger partial charge in [0.25, 0.3) is 5.24 Å². The Bertz CT molecular complexity index is 391. The molecule has 1 atom stereocenters. The molecule has 0 saturated heterocycles. The lowest BCUT2D eigenvalue weighted by molar-refractivity contribution is -0.367. The van der Waals surface area contributed by atoms with Crippen molar-refractivity contribution in [1.29, 1.82) is 0 Å². The molecule has 21 heavy (non-hydrogen) atoms. The van der Waals surface area contributed by atoms with Crippen molar-refractivity contribution in [1.82, 2.24) is 10.2 Å². The molecule has 4 N–H and O–H groups in total. The van der Waals surface area contributed by atoms with E-state index in [1.807, 2.05) is 0 Å². The predicted molar refractivity (Wildman–Crippen MR) is 84.7 cm³/mol. The molecule has 0 aromatic rings. The van der Waals surface area contributed by atoms with E-state index >= 15 is 0 Å². The molecule has 7 nitrogen and oxygen atoms in total. The third-order valence-corrected chi connectivity index (χ3v) is 5.78. The van der Waals surface area contributed by atoms with Gasteiger partial charge < -0.3 is 20.7 Å². The third kappa shape index (κ3) is 7.05. The first-order valence-corrected chi connectivity index (χ1v) is 8.55. The fourth-order valence-corrected chi connectivity index (χ4v) is 3.71. The second kappa shape index (κ2) is 9.16. The molecule has 2 amide bonds. The molecule has 1 unspecified atom stereocenters. The van der Waals surface area contributed by atoms with Crippen LogP contribution in [0.25, 0.3) is 0 Å². The summed E-state index contributed by atoms with van der Waals surface area (Å²) in [5.41, 5.74) is 3.69. The van der Waals surface area contributed by atoms with Gasteiger partial charge in [-0.3, -0.25) is 9.59 Å². The summed E-state index contributed by atoms with van der Waals surface area (Å²) in [6, 6.07) is -0.830. The second-order valence-corrected chi connectivity index (χ2v) is 7.70. The van der Waals surface area contributed by atoms with Crippen LogP contribution in [0.2, 0.25) is 0 Å². The maximum atomic E-state index is 11.9. The number of nitrogens with zero attached hydrogens (tertiary/aromatic N) is 1. The van der Waals surface area contributed by atoms with Crippen LogP contribution in [0, 0.1) is 0 Å². The summed E-state index contributed by atoms with van der Waals surface area (Å²) in [4.78, 5) is 36.5. The van der Waals surface area contributed by atoms with Gasteiger partial charge in [0.15, 0.2) is 0 Å². The van der Waals surface area contributed by atoms with Gasteiger partial charge in [-0.15, -0.1) is 0 Å². The van der Waals surface area contributed by atoms with Gasteiger partial charge in [-0.1, -0.05) is 10.8 Å². The van der Waals surface area contributed by atoms with Crippen molar-refractivity contribution in [2.45, 2.75) is 31.6 Å². The van der Waals surface area contributed by atoms with Crippen LogP contribution in [0.4, 0.5) is 4.79 Å². The monoisotopic (exact) mass is 338 g/mol. The lowest BCUT2D eigenvalue weighted by atomic mass is 10.0. The topological polar surface area (TPSA) is 103 Å². The van der Waals surface area contributed by atoms with E-state index in [9.17, 15) is 14.4 Å². The summed E-state index contributed by atoms with van der Waals surface area (Å²) >= 11 is 0. The zero-order valence-corrected chi connectivity index (χ0v) is 14.7. The number of hydrogen-bond acceptors (Lipinski definition) is 6. The fraction of sp³-hybridized carbons (Fsp3) is 0.750. The number of carbonyl (C=O) groups is 3. The number of quaternary nitrogens is 1. The highest BCUT2D eigenvalue weighted by atomic mass is 33.1. The van der Waals surface area contributed by atoms with Crippen LogP contribution >= 0.6 is 21.6 Å². The minimum atomic E-state index is -0.830. The molecule has 0 heterocycles. The minimum absolute atomic E-state index is 0.122. The van der Waals surface area contributed by atoms with Gasteiger partial charge in [0.1, 0.15) is 6.04 Å². The Morgan fingerprint density at radius 2 is 1.95 bits per heavy atom. The molecule has 0 saturated carbocycles. The maximum absolute atomic E-state index is 11.9. The van der Waals surface area contributed by atoms with E-state index in [1.165, 1.54) is 24.8 Å². The number of methoxy groups -OCH3 is 1. The van der Waals surface area contributed by atoms with Crippen LogP contribution in [-0.2, 0) is 14.3 Å². The molecule has 0 bridgehead atoms. The Labute approximate surface area is 133 Å². The SMILES string of the molecule is COC(=O)C(NC(C)=O)C(C)(C)SSC(=O)N(C)CC[NH3+]. The average Bonchev–Trinajstić information content (AvgIpc) is 2.41. The highest BCUT2D eigenvalue weighted by molar-refractivity contribution is 8.82. The maximum Gasteiger partial charge on any atom is 0.329 e. The Hall–Kier alpha value is -0.930. The van der Waals surface area contributed by atoms with E-state index in [1.54, 1.807) is 25.8 Å². The quantitative estimate of drug-likeness (QED) is 0.505. The van der Waals surface area contributed by atoms with E-state index in [0.29, 0.717) is 13.1 Å². The predicted octanol–water partition coefficient (Wildman–Crippen LogP) is 0.118. The molecule has 0 aliphatic rings. The number of ether oxygens (including phenoxy) is 1. The zero-order valence-electron chi connectivity index (χ0n) is 13.1. The van der Waals surface area contributed by atoms with Crippen LogP contribution in [0.15, 0.2) is 0 Å². The second-order valence-electron chi connectivity index (χ2n) is 4.97. The molecule has 122 valence electrons. The van der Waals surface area contributed by atoms with E-state index in [4.69, 9.17) is 4.74 Å². The van der Waals surface area contributed by atoms with Gasteiger partial charge in [0.05, 0.1) is 24.9 Å². The summed E-state index contributed by atoms with van der Waals surface area (Å²) in [5, 5.41) is 2.44. The Balaban J connectivity index is 4.78. The number of carbonyl (C=O) groups excluding carboxylic acids is 3. The van der Waals surface area contributed by atoms with Gasteiger partial charge in [-0.25, -0.2) is 4.79 Å². The van der Waals surface area contributed by atoms with Crippen LogP contribution < -0.4 is 11.1 Å². The summed E-state index contributed by atoms with van der Waals surface area (Å²) in [6.45, 7) is 6.08. The highest BCUT2D eigenvalue weighted by Gasteiger charge is 2.38. The van der Waals surface area contributed by atoms with Crippen LogP contribution in [-0.4, -0.2) is 60.1 Å². The molecular formula is C12H24N3O4S2+. The standard InChI is InChI=1S/C12H23N3O4S2/c1-8(16)14-9(10(17)19-5)12(2,3)21-20-11(18)15(4)7-6-13/h9H,6-7,13H2,1-5H3,(H,14,16)/p+1. The van der Waals surface area contributed by atoms with Crippen LogP contribution in [0.5, 0.6) is 0 Å². The van der Waals surface area contributed by atoms with Gasteiger partial charge >= 0.3 is 5.97 Å². The minimum Gasteiger partial charge on any atom is -0.467 e. The van der Waals surface area contributed by atoms with E-state index in [2.05, 4.69) is 11.1 Å². The first kappa shape index (κ1) is 20.1. The largest absolute Gasteiger partial charge is 0.467 e. The number of amides is 2. The molecule has 0 aliphatic heterocycles. The highest BCUT2D eigenvalue weighted by Crippen LogP contribution is 2.39. The van der Waals surface area contributed by atoms with E-state index in [-0.39, 0.29) is 11.1 Å². The molecule has 0 aromatic heterocycles. The summed E-state index contributed by atoms with van der Waals surface area (Å²) in [6.07, 6.45) is 0. The smallest absolute Gasteiger partial charge is 0.329 e. The van der Waals surface area contributed by atoms with Crippen molar-refractivity contribution in [2.24, 2.45) is 0 Å². The molecule has 0 fully saturated rings. The number of rotatable bonds is 7. The van der Waals surface area contributed by atoms with Gasteiger partial charge in [-0.2, -0.15) is 0 Å². The van der Waals surface area contributed by atoms with Gasteiger partial charge in [0, 0.05) is 24.8 Å². The summed E-state index contributed by atoms with van der Waals surface area (Å²) in [7, 11) is 5.21. The molecular weight excluding hydrogens is 314 g/mol. The normalized spacial score (nSPS) is 12.5. The van der Waals surface area contributed by atoms with E-state index in [0.717, 1.165) is 10.8 Å². The molecule has 0 radical (unpaired) electrons. The van der Waals surface area contributed by atoms with Crippen LogP contribution in [0.3, 0.4) is 0 Å². The third-order valence-electron chi connectivity index (χ3n) is 2.61. The van der Waals surface area contributed by atoms with Crippen molar-refractivity contribution < 1.29 is 24.9 Å².